The predicted octanol–water partition coefficient (Wildman–Crippen LogP) is -0.695. The molecule has 2 rings (SSSR count). The largest absolute Gasteiger partial charge is 0.469 e. The summed E-state index contributed by atoms with van der Waals surface area (Å²) in [6.07, 6.45) is 1.11. The van der Waals surface area contributed by atoms with Crippen LogP contribution in [0.25, 0.3) is 0 Å². The summed E-state index contributed by atoms with van der Waals surface area (Å²) in [7, 11) is 4.84. The molecule has 10 nitrogen and oxygen atoms in total. The first-order chi connectivity index (χ1) is 12.7. The monoisotopic (exact) mass is 450 g/mol. The molecule has 2 fully saturated rings. The minimum absolute atomic E-state index is 0.524. The van der Waals surface area contributed by atoms with Crippen LogP contribution in [-0.2, 0) is 47.7 Å². The zero-order valence-corrected chi connectivity index (χ0v) is 16.6. The summed E-state index contributed by atoms with van der Waals surface area (Å²) in [6.45, 7) is 0. The number of carbonyl (C=O) groups is 6. The standard InChI is InChI=1S/C8H9BrO5.C8H10O5/c1-13-6(11)4-5(7(12)14-2)8(4,9)3-10;1-12-7(10)5-4(3-9)6(5)8(11)13-2/h3-5H,1-2H3;3-6H,1-2H3/t4-,5-;5-,6-/m11/s1. The average Bonchev–Trinajstić information content (AvgIpc) is 3.58. The van der Waals surface area contributed by atoms with Crippen molar-refractivity contribution in [3.63, 3.8) is 0 Å². The molecule has 0 aliphatic heterocycles. The minimum Gasteiger partial charge on any atom is -0.469 e. The van der Waals surface area contributed by atoms with Crippen molar-refractivity contribution in [2.75, 3.05) is 28.4 Å². The van der Waals surface area contributed by atoms with E-state index in [1.54, 1.807) is 0 Å². The smallest absolute Gasteiger partial charge is 0.311 e. The average molecular weight is 451 g/mol. The minimum atomic E-state index is -1.15. The van der Waals surface area contributed by atoms with Gasteiger partial charge in [0, 0.05) is 5.92 Å². The van der Waals surface area contributed by atoms with Crippen molar-refractivity contribution in [1.82, 2.24) is 0 Å². The maximum absolute atomic E-state index is 11.2. The first-order valence-corrected chi connectivity index (χ1v) is 8.41. The number of halogens is 1. The fraction of sp³-hybridized carbons (Fsp3) is 0.625. The first kappa shape index (κ1) is 22.7. The molecular formula is C16H19BrO10. The number of hydrogen-bond donors (Lipinski definition) is 0. The van der Waals surface area contributed by atoms with Crippen LogP contribution >= 0.6 is 15.9 Å². The van der Waals surface area contributed by atoms with E-state index in [0.717, 1.165) is 0 Å². The molecule has 0 aromatic rings. The maximum atomic E-state index is 11.2. The molecule has 0 spiro atoms. The molecule has 0 heterocycles. The molecule has 0 unspecified atom stereocenters. The zero-order valence-electron chi connectivity index (χ0n) is 15.0. The number of alkyl halides is 1. The lowest BCUT2D eigenvalue weighted by Crippen LogP contribution is -2.13. The van der Waals surface area contributed by atoms with E-state index in [4.69, 9.17) is 0 Å². The molecule has 0 radical (unpaired) electrons. The van der Waals surface area contributed by atoms with Crippen LogP contribution in [-0.4, -0.2) is 69.2 Å². The lowest BCUT2D eigenvalue weighted by atomic mass is 10.3. The molecule has 2 aliphatic rings. The fourth-order valence-corrected chi connectivity index (χ4v) is 3.56. The Morgan fingerprint density at radius 2 is 1.07 bits per heavy atom. The number of ether oxygens (including phenoxy) is 4. The number of methoxy groups -OCH3 is 4. The van der Waals surface area contributed by atoms with Crippen LogP contribution in [0.2, 0.25) is 0 Å². The number of esters is 4. The van der Waals surface area contributed by atoms with Gasteiger partial charge in [-0.05, 0) is 0 Å². The van der Waals surface area contributed by atoms with Crippen molar-refractivity contribution >= 4 is 52.4 Å². The normalized spacial score (nSPS) is 32.6. The Labute approximate surface area is 162 Å². The van der Waals surface area contributed by atoms with Gasteiger partial charge < -0.3 is 28.5 Å². The topological polar surface area (TPSA) is 139 Å². The molecule has 0 aromatic heterocycles. The van der Waals surface area contributed by atoms with Gasteiger partial charge in [0.15, 0.2) is 0 Å². The molecule has 11 heteroatoms. The number of aldehydes is 2. The zero-order chi connectivity index (χ0) is 20.9. The Balaban J connectivity index is 0.000000271. The van der Waals surface area contributed by atoms with Crippen LogP contribution in [0.1, 0.15) is 0 Å². The van der Waals surface area contributed by atoms with Crippen molar-refractivity contribution in [1.29, 1.82) is 0 Å². The van der Waals surface area contributed by atoms with Gasteiger partial charge in [0.1, 0.15) is 16.9 Å². The van der Waals surface area contributed by atoms with Crippen molar-refractivity contribution in [2.24, 2.45) is 29.6 Å². The van der Waals surface area contributed by atoms with E-state index >= 15 is 0 Å². The van der Waals surface area contributed by atoms with Crippen LogP contribution in [0, 0.1) is 29.6 Å². The molecular weight excluding hydrogens is 432 g/mol. The van der Waals surface area contributed by atoms with Gasteiger partial charge in [0.25, 0.3) is 0 Å². The summed E-state index contributed by atoms with van der Waals surface area (Å²) in [4.78, 5) is 65.4. The van der Waals surface area contributed by atoms with Gasteiger partial charge in [-0.2, -0.15) is 0 Å². The van der Waals surface area contributed by atoms with Crippen LogP contribution in [0.15, 0.2) is 0 Å². The summed E-state index contributed by atoms with van der Waals surface area (Å²) >= 11 is 3.03. The van der Waals surface area contributed by atoms with Crippen molar-refractivity contribution in [3.8, 4) is 0 Å². The Morgan fingerprint density at radius 3 is 1.30 bits per heavy atom. The van der Waals surface area contributed by atoms with E-state index in [9.17, 15) is 28.8 Å². The second-order valence-electron chi connectivity index (χ2n) is 5.76. The third-order valence-corrected chi connectivity index (χ3v) is 5.62. The van der Waals surface area contributed by atoms with E-state index in [0.29, 0.717) is 12.6 Å². The Kier molecular flexibility index (Phi) is 7.64. The molecule has 0 aromatic carbocycles. The van der Waals surface area contributed by atoms with Crippen LogP contribution in [0.5, 0.6) is 0 Å². The SMILES string of the molecule is COC(=O)[C@@H]1C(C=O)[C@H]1C(=O)OC.COC(=O)[C@H]1[C@H](C(=O)OC)C1(Br)C=O. The van der Waals surface area contributed by atoms with Crippen LogP contribution in [0.4, 0.5) is 0 Å². The van der Waals surface area contributed by atoms with Crippen molar-refractivity contribution < 1.29 is 47.7 Å². The Bertz CT molecular complexity index is 601. The van der Waals surface area contributed by atoms with Crippen molar-refractivity contribution in [2.45, 2.75) is 4.32 Å². The third-order valence-electron chi connectivity index (χ3n) is 4.45. The number of rotatable bonds is 6. The highest BCUT2D eigenvalue weighted by molar-refractivity contribution is 9.10. The number of hydrogen-bond acceptors (Lipinski definition) is 10. The first-order valence-electron chi connectivity index (χ1n) is 7.61. The quantitative estimate of drug-likeness (QED) is 0.221. The molecule has 2 saturated carbocycles. The molecule has 0 bridgehead atoms. The molecule has 2 aliphatic carbocycles. The van der Waals surface area contributed by atoms with E-state index in [-0.39, 0.29) is 0 Å². The van der Waals surface area contributed by atoms with Gasteiger partial charge in [0.05, 0.1) is 52.1 Å². The summed E-state index contributed by atoms with van der Waals surface area (Å²) in [5.74, 6) is -5.67. The van der Waals surface area contributed by atoms with Gasteiger partial charge in [-0.1, -0.05) is 15.9 Å². The molecule has 0 amide bonds. The summed E-state index contributed by atoms with van der Waals surface area (Å²) in [5, 5.41) is 0. The second-order valence-corrected chi connectivity index (χ2v) is 7.13. The second kappa shape index (κ2) is 9.07. The molecule has 0 N–H and O–H groups in total. The predicted molar refractivity (Wildman–Crippen MR) is 89.3 cm³/mol. The van der Waals surface area contributed by atoms with Gasteiger partial charge >= 0.3 is 23.9 Å². The molecule has 27 heavy (non-hydrogen) atoms. The summed E-state index contributed by atoms with van der Waals surface area (Å²) < 4.78 is 16.6. The van der Waals surface area contributed by atoms with E-state index in [1.165, 1.54) is 28.4 Å². The van der Waals surface area contributed by atoms with Crippen molar-refractivity contribution in [3.05, 3.63) is 0 Å². The molecule has 150 valence electrons. The highest BCUT2D eigenvalue weighted by Gasteiger charge is 2.72. The van der Waals surface area contributed by atoms with Crippen LogP contribution < -0.4 is 0 Å². The van der Waals surface area contributed by atoms with E-state index < -0.39 is 57.8 Å². The highest BCUT2D eigenvalue weighted by Crippen LogP contribution is 2.57. The lowest BCUT2D eigenvalue weighted by Gasteiger charge is -1.96. The van der Waals surface area contributed by atoms with E-state index in [2.05, 4.69) is 34.9 Å². The van der Waals surface area contributed by atoms with Gasteiger partial charge in [-0.3, -0.25) is 19.2 Å². The number of carbonyl (C=O) groups excluding carboxylic acids is 6. The summed E-state index contributed by atoms with van der Waals surface area (Å²) in [5.41, 5.74) is 0. The van der Waals surface area contributed by atoms with Gasteiger partial charge in [-0.15, -0.1) is 0 Å². The molecule has 4 atom stereocenters. The van der Waals surface area contributed by atoms with Gasteiger partial charge in [-0.25, -0.2) is 0 Å². The van der Waals surface area contributed by atoms with E-state index in [1.807, 2.05) is 0 Å². The lowest BCUT2D eigenvalue weighted by molar-refractivity contribution is -0.148. The Hall–Kier alpha value is -2.30. The maximum Gasteiger partial charge on any atom is 0.311 e. The molecule has 0 saturated heterocycles. The third kappa shape index (κ3) is 4.34. The highest BCUT2D eigenvalue weighted by atomic mass is 79.9. The fourth-order valence-electron chi connectivity index (χ4n) is 2.79. The van der Waals surface area contributed by atoms with Gasteiger partial charge in [0.2, 0.25) is 0 Å². The summed E-state index contributed by atoms with van der Waals surface area (Å²) in [6, 6.07) is 0. The Morgan fingerprint density at radius 1 is 0.741 bits per heavy atom. The van der Waals surface area contributed by atoms with Crippen LogP contribution in [0.3, 0.4) is 0 Å².